The van der Waals surface area contributed by atoms with Gasteiger partial charge in [0.05, 0.1) is 101 Å². The average molecular weight is 1520 g/mol. The highest BCUT2D eigenvalue weighted by atomic mass is 35.5. The highest BCUT2D eigenvalue weighted by Crippen LogP contribution is 2.40. The molecule has 11 N–H and O–H groups in total. The van der Waals surface area contributed by atoms with Gasteiger partial charge in [-0.15, -0.1) is 0 Å². The number of nitrogen functional groups attached to an aromatic ring is 1. The molecule has 12 atom stereocenters. The van der Waals surface area contributed by atoms with E-state index < -0.39 is 84.1 Å². The van der Waals surface area contributed by atoms with E-state index in [2.05, 4.69) is 52.2 Å². The summed E-state index contributed by atoms with van der Waals surface area (Å²) in [7, 11) is 4.77. The number of anilines is 8. The molecule has 9 aromatic heterocycles. The van der Waals surface area contributed by atoms with Crippen molar-refractivity contribution in [3.63, 3.8) is 0 Å². The van der Waals surface area contributed by atoms with Crippen LogP contribution in [0.1, 0.15) is 149 Å². The predicted molar refractivity (Wildman–Crippen MR) is 395 cm³/mol. The fraction of sp³-hybridized carbons (Fsp3) is 0.444. The summed E-state index contributed by atoms with van der Waals surface area (Å²) in [5.41, 5.74) is 6.60. The lowest BCUT2D eigenvalue weighted by Crippen LogP contribution is -2.50. The summed E-state index contributed by atoms with van der Waals surface area (Å²) in [5.74, 6) is 0.0601. The minimum Gasteiger partial charge on any atom is -0.443 e. The fourth-order valence-corrected chi connectivity index (χ4v) is 12.3. The fourth-order valence-electron chi connectivity index (χ4n) is 12.1. The molecule has 108 heavy (non-hydrogen) atoms. The van der Waals surface area contributed by atoms with Gasteiger partial charge in [0.15, 0.2) is 5.65 Å². The van der Waals surface area contributed by atoms with Crippen molar-refractivity contribution in [2.75, 3.05) is 52.6 Å². The molecule has 6 aliphatic carbocycles. The first-order valence-corrected chi connectivity index (χ1v) is 35.5. The molecule has 36 heteroatoms. The quantitative estimate of drug-likeness (QED) is 0.0414. The number of nitrogens with zero attached hydrogens (tertiary/aromatic N) is 12. The zero-order chi connectivity index (χ0) is 77.7. The first-order chi connectivity index (χ1) is 51.1. The number of hydrogen-bond acceptors (Lipinski definition) is 21. The number of aromatic nitrogens is 10. The van der Waals surface area contributed by atoms with E-state index in [9.17, 15) is 66.8 Å². The van der Waals surface area contributed by atoms with E-state index in [4.69, 9.17) is 26.8 Å². The molecule has 0 aliphatic heterocycles. The highest BCUT2D eigenvalue weighted by molar-refractivity contribution is 6.30. The molecule has 32 nitrogen and oxygen atoms in total. The van der Waals surface area contributed by atoms with Crippen LogP contribution in [0.15, 0.2) is 118 Å². The summed E-state index contributed by atoms with van der Waals surface area (Å²) >= 11 is 6.10. The van der Waals surface area contributed by atoms with Crippen LogP contribution in [0.4, 0.5) is 68.7 Å². The number of carbonyl (C=O) groups is 5. The van der Waals surface area contributed by atoms with E-state index in [0.29, 0.717) is 96.7 Å². The monoisotopic (exact) mass is 1520 g/mol. The molecular formula is C72H85ClF3N19O13. The predicted octanol–water partition coefficient (Wildman–Crippen LogP) is 7.68. The van der Waals surface area contributed by atoms with Crippen molar-refractivity contribution in [1.82, 2.24) is 63.5 Å². The number of carbonyl (C=O) groups excluding carboxylic acids is 5. The maximum Gasteiger partial charge on any atom is 0.415 e. The van der Waals surface area contributed by atoms with Gasteiger partial charge < -0.3 is 76.1 Å². The Morgan fingerprint density at radius 1 is 0.546 bits per heavy atom. The molecule has 15 rings (SSSR count). The molecule has 0 saturated heterocycles. The van der Waals surface area contributed by atoms with Gasteiger partial charge in [0, 0.05) is 88.6 Å². The summed E-state index contributed by atoms with van der Waals surface area (Å²) in [6, 6.07) is 15.9. The Morgan fingerprint density at radius 3 is 1.33 bits per heavy atom. The molecule has 9 heterocycles. The van der Waals surface area contributed by atoms with Crippen molar-refractivity contribution in [2.24, 2.45) is 0 Å². The molecule has 0 radical (unpaired) electrons. The molecule has 574 valence electrons. The van der Waals surface area contributed by atoms with Crippen molar-refractivity contribution in [3.05, 3.63) is 157 Å². The number of nitrogens with one attached hydrogen (secondary N) is 6. The van der Waals surface area contributed by atoms with Crippen molar-refractivity contribution < 1.29 is 61.9 Å². The van der Waals surface area contributed by atoms with Crippen LogP contribution in [-0.2, 0) is 9.47 Å². The minimum atomic E-state index is -1.05. The van der Waals surface area contributed by atoms with Crippen molar-refractivity contribution in [2.45, 2.75) is 184 Å². The van der Waals surface area contributed by atoms with Gasteiger partial charge in [0.2, 0.25) is 0 Å². The van der Waals surface area contributed by atoms with Crippen molar-refractivity contribution >= 4 is 104 Å². The van der Waals surface area contributed by atoms with Gasteiger partial charge in [0.25, 0.3) is 34.4 Å². The number of alkyl halides is 3. The second kappa shape index (κ2) is 30.7. The molecule has 5 amide bonds. The van der Waals surface area contributed by atoms with Crippen LogP contribution < -0.4 is 64.1 Å². The third-order valence-electron chi connectivity index (χ3n) is 18.9. The van der Waals surface area contributed by atoms with Crippen LogP contribution in [0, 0.1) is 0 Å². The zero-order valence-electron chi connectivity index (χ0n) is 60.5. The van der Waals surface area contributed by atoms with Gasteiger partial charge in [-0.2, -0.15) is 19.8 Å². The smallest absolute Gasteiger partial charge is 0.415 e. The summed E-state index contributed by atoms with van der Waals surface area (Å²) < 4.78 is 59.0. The lowest BCUT2D eigenvalue weighted by atomic mass is 9.89. The van der Waals surface area contributed by atoms with Crippen LogP contribution in [-0.4, -0.2) is 180 Å². The van der Waals surface area contributed by atoms with Gasteiger partial charge in [-0.05, 0) is 129 Å². The Hall–Kier alpha value is -11.0. The van der Waals surface area contributed by atoms with Crippen LogP contribution >= 0.6 is 11.6 Å². The lowest BCUT2D eigenvalue weighted by molar-refractivity contribution is 0.0448. The van der Waals surface area contributed by atoms with E-state index in [1.165, 1.54) is 77.4 Å². The molecule has 0 bridgehead atoms. The van der Waals surface area contributed by atoms with E-state index in [-0.39, 0.29) is 85.9 Å². The second-order valence-electron chi connectivity index (χ2n) is 29.3. The number of aliphatic hydroxyl groups is 3. The van der Waals surface area contributed by atoms with Crippen LogP contribution in [0.3, 0.4) is 0 Å². The van der Waals surface area contributed by atoms with Gasteiger partial charge in [-0.1, -0.05) is 11.6 Å². The second-order valence-corrected chi connectivity index (χ2v) is 29.7. The van der Waals surface area contributed by atoms with E-state index in [1.54, 1.807) is 126 Å². The topological polar surface area (TPSA) is 400 Å². The Kier molecular flexibility index (Phi) is 21.8. The average Bonchev–Trinajstić information content (AvgIpc) is 1.61. The van der Waals surface area contributed by atoms with E-state index >= 15 is 0 Å². The zero-order valence-corrected chi connectivity index (χ0v) is 61.2. The third kappa shape index (κ3) is 16.9. The van der Waals surface area contributed by atoms with Crippen LogP contribution in [0.25, 0.3) is 16.7 Å². The van der Waals surface area contributed by atoms with Crippen LogP contribution in [0.5, 0.6) is 0 Å². The molecule has 9 aromatic rings. The third-order valence-corrected chi connectivity index (χ3v) is 19.1. The van der Waals surface area contributed by atoms with Crippen molar-refractivity contribution in [3.8, 4) is 0 Å². The maximum absolute atomic E-state index is 13.6. The Labute approximate surface area is 619 Å². The number of nitrogens with two attached hydrogens (primary N) is 1. The number of rotatable bonds is 16. The summed E-state index contributed by atoms with van der Waals surface area (Å²) in [5, 5.41) is 59.8. The first-order valence-electron chi connectivity index (χ1n) is 35.2. The maximum atomic E-state index is 13.6. The number of hydrogen-bond donors (Lipinski definition) is 10. The summed E-state index contributed by atoms with van der Waals surface area (Å²) in [4.78, 5) is 107. The molecule has 6 fully saturated rings. The van der Waals surface area contributed by atoms with Crippen LogP contribution in [0.2, 0.25) is 5.15 Å². The Bertz CT molecular complexity index is 5130. The number of amides is 5. The largest absolute Gasteiger partial charge is 0.443 e. The van der Waals surface area contributed by atoms with E-state index in [0.717, 1.165) is 6.42 Å². The van der Waals surface area contributed by atoms with Crippen molar-refractivity contribution in [1.29, 1.82) is 0 Å². The Morgan fingerprint density at radius 2 is 0.926 bits per heavy atom. The number of halogens is 4. The Balaban J connectivity index is 0.000000142. The standard InChI is InChI=1S/C26H31FN6O5.C21H23FN6O3.C17H22ClN5O4.C8H9FN2O/c1-26(2,3)38-25(37)31(4)22-11-14(29-18-6-5-9-32(24(18)36)20-12-16(20)27)10-19-15(13-28-33(19)22)23(35)30-17-7-8-21(17)34;1-23-19-8-11(25-15-3-2-6-27(21(15)31)17-9-13(17)22)7-16-12(10-24-28(16)19)20(30)26-14-4-5-18(14)29;1-17(2,3)27-16(26)22(4)13-7-12(18)21-14-9(8-19-23(13)14)15(25)20-10-5-6-11(10)24;9-5-4-7(5)11-3-1-2-6(10)8(11)12/h5-6,9-11,13,16-17,20-21,29,34H,7-8,12H2,1-4H3,(H,30,35);2-3,6-8,10,13-14,17-18,23,25,29H,4-5,9H2,1H3,(H,26,30);7-8,10-11,24H,5-6H2,1-4H3,(H,20,25);1-3,5,7H,4,10H2/t16-,17?,20-,21+;13-,14?,17-,18+;10?,11-;5-,7-/m0010/s1. The molecule has 3 unspecified atom stereocenters. The number of ether oxygens (including phenoxy) is 2. The van der Waals surface area contributed by atoms with Gasteiger partial charge in [0.1, 0.15) is 69.3 Å². The molecule has 6 saturated carbocycles. The number of pyridine rings is 5. The molecule has 6 aliphatic rings. The highest BCUT2D eigenvalue weighted by Gasteiger charge is 2.42. The van der Waals surface area contributed by atoms with Gasteiger partial charge >= 0.3 is 12.2 Å². The SMILES string of the molecule is CN(C(=O)OC(C)(C)C)c1cc(Cl)nc2c(C(=O)NC3CC[C@H]3O)cnn12.CN(C(=O)OC(C)(C)C)c1cc(Nc2cccn([C@H]3C[C@@H]3F)c2=O)cc2c(C(=O)NC3CC[C@H]3O)cnn12.CNc1cc(Nc2cccn([C@H]3C[C@@H]3F)c2=O)cc2c(C(=O)NC3CC[C@H]3O)cnn12.Nc1cccn([C@H]2C[C@@H]2F)c1=O. The van der Waals surface area contributed by atoms with E-state index in [1.807, 2.05) is 0 Å². The molecular weight excluding hydrogens is 1430 g/mol. The normalized spacial score (nSPS) is 22.8. The summed E-state index contributed by atoms with van der Waals surface area (Å²) in [6.07, 6.45) is 8.31. The van der Waals surface area contributed by atoms with Gasteiger partial charge in [-0.3, -0.25) is 38.6 Å². The minimum absolute atomic E-state index is 0.103. The first kappa shape index (κ1) is 76.6. The summed E-state index contributed by atoms with van der Waals surface area (Å²) in [6.45, 7) is 10.5. The molecule has 0 aromatic carbocycles. The number of fused-ring (bicyclic) bond motifs is 3. The lowest BCUT2D eigenvalue weighted by Gasteiger charge is -2.32. The number of aliphatic hydroxyl groups excluding tert-OH is 3. The molecule has 0 spiro atoms. The van der Waals surface area contributed by atoms with Gasteiger partial charge in [-0.25, -0.2) is 36.8 Å².